The summed E-state index contributed by atoms with van der Waals surface area (Å²) in [6, 6.07) is 4.13. The SMILES string of the molecule is CCn1c(CN2CCC[C@H]2C(=O)O)nc2cc(F)ccc21. The quantitative estimate of drug-likeness (QED) is 0.938. The number of rotatable bonds is 4. The number of carbonyl (C=O) groups is 1. The van der Waals surface area contributed by atoms with Gasteiger partial charge in [-0.2, -0.15) is 0 Å². The highest BCUT2D eigenvalue weighted by Crippen LogP contribution is 2.23. The third kappa shape index (κ3) is 2.51. The van der Waals surface area contributed by atoms with Crippen molar-refractivity contribution >= 4 is 17.0 Å². The average molecular weight is 291 g/mol. The van der Waals surface area contributed by atoms with Gasteiger partial charge in [-0.15, -0.1) is 0 Å². The van der Waals surface area contributed by atoms with Crippen molar-refractivity contribution in [2.24, 2.45) is 0 Å². The normalized spacial score (nSPS) is 19.4. The van der Waals surface area contributed by atoms with Gasteiger partial charge in [0.25, 0.3) is 0 Å². The van der Waals surface area contributed by atoms with Gasteiger partial charge in [-0.05, 0) is 38.4 Å². The summed E-state index contributed by atoms with van der Waals surface area (Å²) in [7, 11) is 0. The van der Waals surface area contributed by atoms with Gasteiger partial charge in [-0.25, -0.2) is 9.37 Å². The Hall–Kier alpha value is -1.95. The number of halogens is 1. The van der Waals surface area contributed by atoms with Gasteiger partial charge in [-0.3, -0.25) is 9.69 Å². The van der Waals surface area contributed by atoms with Crippen molar-refractivity contribution < 1.29 is 14.3 Å². The van der Waals surface area contributed by atoms with Crippen molar-refractivity contribution in [2.45, 2.75) is 38.9 Å². The first-order valence-electron chi connectivity index (χ1n) is 7.21. The molecular weight excluding hydrogens is 273 g/mol. The van der Waals surface area contributed by atoms with Gasteiger partial charge in [-0.1, -0.05) is 0 Å². The van der Waals surface area contributed by atoms with E-state index in [9.17, 15) is 14.3 Å². The Morgan fingerprint density at radius 1 is 1.52 bits per heavy atom. The summed E-state index contributed by atoms with van der Waals surface area (Å²) >= 11 is 0. The Morgan fingerprint density at radius 2 is 2.33 bits per heavy atom. The predicted molar refractivity (Wildman–Crippen MR) is 76.4 cm³/mol. The molecule has 0 bridgehead atoms. The smallest absolute Gasteiger partial charge is 0.320 e. The first-order valence-corrected chi connectivity index (χ1v) is 7.21. The highest BCUT2D eigenvalue weighted by Gasteiger charge is 2.31. The number of aromatic nitrogens is 2. The fraction of sp³-hybridized carbons (Fsp3) is 0.467. The number of likely N-dealkylation sites (tertiary alicyclic amines) is 1. The number of hydrogen-bond acceptors (Lipinski definition) is 3. The number of fused-ring (bicyclic) bond motifs is 1. The van der Waals surface area contributed by atoms with Crippen LogP contribution in [0.5, 0.6) is 0 Å². The fourth-order valence-electron chi connectivity index (χ4n) is 3.10. The summed E-state index contributed by atoms with van der Waals surface area (Å²) in [4.78, 5) is 17.7. The number of imidazole rings is 1. The van der Waals surface area contributed by atoms with Gasteiger partial charge in [0, 0.05) is 12.6 Å². The maximum Gasteiger partial charge on any atom is 0.320 e. The lowest BCUT2D eigenvalue weighted by molar-refractivity contribution is -0.142. The third-order valence-corrected chi connectivity index (χ3v) is 4.10. The standard InChI is InChI=1S/C15H18FN3O2/c1-2-19-12-6-5-10(16)8-11(12)17-14(19)9-18-7-3-4-13(18)15(20)21/h5-6,8,13H,2-4,7,9H2,1H3,(H,20,21)/t13-/m0/s1. The topological polar surface area (TPSA) is 58.4 Å². The number of benzene rings is 1. The number of nitrogens with zero attached hydrogens (tertiary/aromatic N) is 3. The molecule has 3 rings (SSSR count). The molecule has 1 N–H and O–H groups in total. The molecule has 1 aromatic carbocycles. The minimum Gasteiger partial charge on any atom is -0.480 e. The molecule has 1 aromatic heterocycles. The van der Waals surface area contributed by atoms with Gasteiger partial charge in [0.05, 0.1) is 17.6 Å². The second-order valence-corrected chi connectivity index (χ2v) is 5.37. The molecule has 0 saturated carbocycles. The molecule has 5 nitrogen and oxygen atoms in total. The Balaban J connectivity index is 1.94. The van der Waals surface area contributed by atoms with E-state index in [1.54, 1.807) is 6.07 Å². The van der Waals surface area contributed by atoms with Crippen LogP contribution in [0.1, 0.15) is 25.6 Å². The second kappa shape index (κ2) is 5.44. The summed E-state index contributed by atoms with van der Waals surface area (Å²) in [5.41, 5.74) is 1.51. The molecule has 21 heavy (non-hydrogen) atoms. The molecular formula is C15H18FN3O2. The number of hydrogen-bond donors (Lipinski definition) is 1. The van der Waals surface area contributed by atoms with Crippen molar-refractivity contribution in [3.63, 3.8) is 0 Å². The first-order chi connectivity index (χ1) is 10.1. The molecule has 0 unspecified atom stereocenters. The predicted octanol–water partition coefficient (Wildman–Crippen LogP) is 2.24. The molecule has 1 fully saturated rings. The maximum absolute atomic E-state index is 13.3. The molecule has 1 saturated heterocycles. The number of carboxylic acid groups (broad SMARTS) is 1. The van der Waals surface area contributed by atoms with Gasteiger partial charge in [0.2, 0.25) is 0 Å². The van der Waals surface area contributed by atoms with Crippen molar-refractivity contribution in [3.05, 3.63) is 29.8 Å². The van der Waals surface area contributed by atoms with Crippen LogP contribution in [-0.4, -0.2) is 38.1 Å². The highest BCUT2D eigenvalue weighted by molar-refractivity contribution is 5.76. The molecule has 0 spiro atoms. The Morgan fingerprint density at radius 3 is 3.05 bits per heavy atom. The zero-order valence-corrected chi connectivity index (χ0v) is 11.9. The van der Waals surface area contributed by atoms with Crippen molar-refractivity contribution in [1.82, 2.24) is 14.5 Å². The van der Waals surface area contributed by atoms with E-state index in [0.717, 1.165) is 30.9 Å². The molecule has 1 aliphatic heterocycles. The lowest BCUT2D eigenvalue weighted by Gasteiger charge is -2.20. The summed E-state index contributed by atoms with van der Waals surface area (Å²) in [5.74, 6) is -0.289. The van der Waals surface area contributed by atoms with Gasteiger partial charge in [0.15, 0.2) is 0 Å². The van der Waals surface area contributed by atoms with E-state index >= 15 is 0 Å². The molecule has 0 aliphatic carbocycles. The Labute approximate surface area is 122 Å². The van der Waals surface area contributed by atoms with Crippen molar-refractivity contribution in [2.75, 3.05) is 6.54 Å². The van der Waals surface area contributed by atoms with E-state index in [1.807, 2.05) is 16.4 Å². The van der Waals surface area contributed by atoms with Crippen LogP contribution >= 0.6 is 0 Å². The average Bonchev–Trinajstić information content (AvgIpc) is 3.02. The van der Waals surface area contributed by atoms with Crippen LogP contribution < -0.4 is 0 Å². The van der Waals surface area contributed by atoms with E-state index in [-0.39, 0.29) is 5.82 Å². The molecule has 0 amide bonds. The van der Waals surface area contributed by atoms with Crippen LogP contribution in [-0.2, 0) is 17.9 Å². The van der Waals surface area contributed by atoms with E-state index in [0.29, 0.717) is 18.5 Å². The molecule has 1 aliphatic rings. The number of carboxylic acids is 1. The van der Waals surface area contributed by atoms with Gasteiger partial charge in [0.1, 0.15) is 17.7 Å². The first kappa shape index (κ1) is 14.0. The van der Waals surface area contributed by atoms with E-state index < -0.39 is 12.0 Å². The van der Waals surface area contributed by atoms with Crippen LogP contribution in [0.25, 0.3) is 11.0 Å². The fourth-order valence-corrected chi connectivity index (χ4v) is 3.10. The second-order valence-electron chi connectivity index (χ2n) is 5.37. The Bertz CT molecular complexity index is 683. The summed E-state index contributed by atoms with van der Waals surface area (Å²) < 4.78 is 15.3. The molecule has 2 aromatic rings. The number of aliphatic carboxylic acids is 1. The zero-order valence-electron chi connectivity index (χ0n) is 11.9. The molecule has 1 atom stereocenters. The Kier molecular flexibility index (Phi) is 3.63. The van der Waals surface area contributed by atoms with Crippen LogP contribution in [0, 0.1) is 5.82 Å². The van der Waals surface area contributed by atoms with Crippen molar-refractivity contribution in [3.8, 4) is 0 Å². The number of aryl methyl sites for hydroxylation is 1. The molecule has 2 heterocycles. The van der Waals surface area contributed by atoms with Crippen LogP contribution in [0.3, 0.4) is 0 Å². The minimum absolute atomic E-state index is 0.306. The van der Waals surface area contributed by atoms with E-state index in [1.165, 1.54) is 12.1 Å². The van der Waals surface area contributed by atoms with E-state index in [4.69, 9.17) is 0 Å². The van der Waals surface area contributed by atoms with Gasteiger partial charge < -0.3 is 9.67 Å². The molecule has 112 valence electrons. The minimum atomic E-state index is -0.780. The summed E-state index contributed by atoms with van der Waals surface area (Å²) in [6.45, 7) is 3.98. The molecule has 0 radical (unpaired) electrons. The van der Waals surface area contributed by atoms with Gasteiger partial charge >= 0.3 is 5.97 Å². The van der Waals surface area contributed by atoms with Crippen molar-refractivity contribution in [1.29, 1.82) is 0 Å². The van der Waals surface area contributed by atoms with Crippen LogP contribution in [0.2, 0.25) is 0 Å². The summed E-state index contributed by atoms with van der Waals surface area (Å²) in [5, 5.41) is 9.25. The largest absolute Gasteiger partial charge is 0.480 e. The van der Waals surface area contributed by atoms with E-state index in [2.05, 4.69) is 4.98 Å². The summed E-state index contributed by atoms with van der Waals surface area (Å²) in [6.07, 6.45) is 1.56. The molecule has 6 heteroatoms. The zero-order chi connectivity index (χ0) is 15.0. The maximum atomic E-state index is 13.3. The lowest BCUT2D eigenvalue weighted by atomic mass is 10.2. The van der Waals surface area contributed by atoms with Crippen LogP contribution in [0.15, 0.2) is 18.2 Å². The van der Waals surface area contributed by atoms with Crippen LogP contribution in [0.4, 0.5) is 4.39 Å². The third-order valence-electron chi connectivity index (χ3n) is 4.10. The lowest BCUT2D eigenvalue weighted by Crippen LogP contribution is -2.36. The monoisotopic (exact) mass is 291 g/mol. The highest BCUT2D eigenvalue weighted by atomic mass is 19.1.